The van der Waals surface area contributed by atoms with Gasteiger partial charge in [0.1, 0.15) is 18.8 Å². The van der Waals surface area contributed by atoms with Crippen LogP contribution in [-0.4, -0.2) is 76.7 Å². The van der Waals surface area contributed by atoms with Gasteiger partial charge < -0.3 is 40.2 Å². The Balaban J connectivity index is 1.71. The molecule has 2 rings (SSSR count). The standard InChI is InChI=1S/C21H32N2O8/c1-13-16(23-15(24)11-21(2,3)28)17(25)18(26)19(31-13)29-10-9-22-20(27)30-12-14-7-5-4-6-8-14/h4-8,13,16-19,25-26,28H,9-12H2,1-3H3,(H,22,27)(H,23,24)/t13-,16-,17+,18-,19-/m1/s1. The summed E-state index contributed by atoms with van der Waals surface area (Å²) in [6.45, 7) is 4.87. The van der Waals surface area contributed by atoms with Crippen LogP contribution < -0.4 is 10.6 Å². The van der Waals surface area contributed by atoms with E-state index in [9.17, 15) is 24.9 Å². The molecule has 0 saturated carbocycles. The highest BCUT2D eigenvalue weighted by Crippen LogP contribution is 2.22. The van der Waals surface area contributed by atoms with E-state index in [4.69, 9.17) is 14.2 Å². The molecule has 0 bridgehead atoms. The maximum atomic E-state index is 12.0. The Kier molecular flexibility index (Phi) is 9.20. The summed E-state index contributed by atoms with van der Waals surface area (Å²) < 4.78 is 16.1. The molecule has 1 heterocycles. The van der Waals surface area contributed by atoms with Gasteiger partial charge in [-0.05, 0) is 26.3 Å². The average Bonchev–Trinajstić information content (AvgIpc) is 2.70. The number of carbonyl (C=O) groups is 2. The minimum Gasteiger partial charge on any atom is -0.445 e. The largest absolute Gasteiger partial charge is 0.445 e. The van der Waals surface area contributed by atoms with Gasteiger partial charge in [-0.1, -0.05) is 30.3 Å². The molecule has 31 heavy (non-hydrogen) atoms. The van der Waals surface area contributed by atoms with Gasteiger partial charge in [0.2, 0.25) is 5.91 Å². The Morgan fingerprint density at radius 1 is 1.16 bits per heavy atom. The number of rotatable bonds is 9. The number of alkyl carbamates (subject to hydrolysis) is 1. The fraction of sp³-hybridized carbons (Fsp3) is 0.619. The number of ether oxygens (including phenoxy) is 3. The highest BCUT2D eigenvalue weighted by molar-refractivity contribution is 5.77. The summed E-state index contributed by atoms with van der Waals surface area (Å²) in [5.41, 5.74) is -0.340. The molecule has 2 amide bonds. The minimum absolute atomic E-state index is 0.0112. The molecule has 5 N–H and O–H groups in total. The summed E-state index contributed by atoms with van der Waals surface area (Å²) in [6, 6.07) is 8.37. The highest BCUT2D eigenvalue weighted by Gasteiger charge is 2.44. The number of hydrogen-bond donors (Lipinski definition) is 5. The lowest BCUT2D eigenvalue weighted by atomic mass is 9.96. The molecule has 10 heteroatoms. The lowest BCUT2D eigenvalue weighted by molar-refractivity contribution is -0.271. The van der Waals surface area contributed by atoms with Gasteiger partial charge in [0.25, 0.3) is 0 Å². The topological polar surface area (TPSA) is 147 Å². The molecule has 174 valence electrons. The van der Waals surface area contributed by atoms with Gasteiger partial charge in [-0.25, -0.2) is 4.79 Å². The number of hydrogen-bond acceptors (Lipinski definition) is 8. The molecule has 1 aromatic rings. The van der Waals surface area contributed by atoms with Crippen LogP contribution in [0.3, 0.4) is 0 Å². The molecule has 1 saturated heterocycles. The molecule has 1 aliphatic rings. The molecule has 0 unspecified atom stereocenters. The average molecular weight is 440 g/mol. The highest BCUT2D eigenvalue weighted by atomic mass is 16.7. The molecular formula is C21H32N2O8. The van der Waals surface area contributed by atoms with Crippen molar-refractivity contribution in [3.8, 4) is 0 Å². The summed E-state index contributed by atoms with van der Waals surface area (Å²) in [7, 11) is 0. The summed E-state index contributed by atoms with van der Waals surface area (Å²) >= 11 is 0. The maximum Gasteiger partial charge on any atom is 0.407 e. The number of amides is 2. The van der Waals surface area contributed by atoms with Gasteiger partial charge >= 0.3 is 6.09 Å². The van der Waals surface area contributed by atoms with Crippen LogP contribution in [0.1, 0.15) is 32.8 Å². The van der Waals surface area contributed by atoms with Crippen LogP contribution in [0.25, 0.3) is 0 Å². The van der Waals surface area contributed by atoms with Crippen molar-refractivity contribution in [2.75, 3.05) is 13.2 Å². The van der Waals surface area contributed by atoms with E-state index in [0.717, 1.165) is 5.56 Å². The SMILES string of the molecule is C[C@H]1O[C@@H](OCCNC(=O)OCc2ccccc2)[C@H](O)[C@@H](O)[C@@H]1NC(=O)CC(C)(C)O. The Labute approximate surface area is 181 Å². The first kappa shape index (κ1) is 25.0. The third-order valence-corrected chi connectivity index (χ3v) is 4.64. The van der Waals surface area contributed by atoms with Crippen molar-refractivity contribution in [3.05, 3.63) is 35.9 Å². The van der Waals surface area contributed by atoms with E-state index in [2.05, 4.69) is 10.6 Å². The van der Waals surface area contributed by atoms with E-state index in [0.29, 0.717) is 0 Å². The van der Waals surface area contributed by atoms with E-state index in [-0.39, 0.29) is 26.2 Å². The van der Waals surface area contributed by atoms with E-state index < -0.39 is 48.2 Å². The zero-order valence-electron chi connectivity index (χ0n) is 18.0. The van der Waals surface area contributed by atoms with Gasteiger partial charge in [0.05, 0.1) is 30.8 Å². The van der Waals surface area contributed by atoms with Gasteiger partial charge in [-0.3, -0.25) is 4.79 Å². The monoisotopic (exact) mass is 440 g/mol. The first-order valence-corrected chi connectivity index (χ1v) is 10.2. The van der Waals surface area contributed by atoms with Crippen molar-refractivity contribution in [3.63, 3.8) is 0 Å². The smallest absolute Gasteiger partial charge is 0.407 e. The lowest BCUT2D eigenvalue weighted by Gasteiger charge is -2.41. The van der Waals surface area contributed by atoms with Crippen molar-refractivity contribution in [2.24, 2.45) is 0 Å². The van der Waals surface area contributed by atoms with Gasteiger partial charge in [-0.2, -0.15) is 0 Å². The van der Waals surface area contributed by atoms with E-state index in [1.54, 1.807) is 6.92 Å². The Morgan fingerprint density at radius 3 is 2.48 bits per heavy atom. The fourth-order valence-corrected chi connectivity index (χ4v) is 3.10. The Morgan fingerprint density at radius 2 is 1.84 bits per heavy atom. The third kappa shape index (κ3) is 8.42. The number of nitrogens with one attached hydrogen (secondary N) is 2. The lowest BCUT2D eigenvalue weighted by Crippen LogP contribution is -2.63. The molecule has 0 radical (unpaired) electrons. The number of aliphatic hydroxyl groups is 3. The molecule has 1 fully saturated rings. The van der Waals surface area contributed by atoms with Crippen molar-refractivity contribution in [1.29, 1.82) is 0 Å². The zero-order valence-corrected chi connectivity index (χ0v) is 18.0. The van der Waals surface area contributed by atoms with Crippen LogP contribution in [0.5, 0.6) is 0 Å². The summed E-state index contributed by atoms with van der Waals surface area (Å²) in [5, 5.41) is 35.5. The van der Waals surface area contributed by atoms with Crippen molar-refractivity contribution >= 4 is 12.0 Å². The Hall–Kier alpha value is -2.24. The molecule has 0 aliphatic carbocycles. The van der Waals surface area contributed by atoms with Crippen LogP contribution in [0.4, 0.5) is 4.79 Å². The first-order chi connectivity index (χ1) is 14.6. The van der Waals surface area contributed by atoms with E-state index in [1.165, 1.54) is 13.8 Å². The van der Waals surface area contributed by atoms with Gasteiger partial charge in [0, 0.05) is 6.54 Å². The fourth-order valence-electron chi connectivity index (χ4n) is 3.10. The van der Waals surface area contributed by atoms with E-state index >= 15 is 0 Å². The van der Waals surface area contributed by atoms with Crippen molar-refractivity contribution < 1.29 is 39.1 Å². The van der Waals surface area contributed by atoms with Crippen LogP contribution >= 0.6 is 0 Å². The van der Waals surface area contributed by atoms with Crippen molar-refractivity contribution in [2.45, 2.75) is 70.0 Å². The predicted molar refractivity (Wildman–Crippen MR) is 110 cm³/mol. The second-order valence-corrected chi connectivity index (χ2v) is 8.13. The van der Waals surface area contributed by atoms with Crippen molar-refractivity contribution in [1.82, 2.24) is 10.6 Å². The summed E-state index contributed by atoms with van der Waals surface area (Å²) in [4.78, 5) is 23.7. The first-order valence-electron chi connectivity index (χ1n) is 10.2. The van der Waals surface area contributed by atoms with Gasteiger partial charge in [0.15, 0.2) is 6.29 Å². The van der Waals surface area contributed by atoms with Crippen LogP contribution in [0.15, 0.2) is 30.3 Å². The molecule has 1 aromatic carbocycles. The normalized spacial score (nSPS) is 26.2. The quantitative estimate of drug-likeness (QED) is 0.338. The predicted octanol–water partition coefficient (Wildman–Crippen LogP) is 0.0418. The van der Waals surface area contributed by atoms with Crippen LogP contribution in [0.2, 0.25) is 0 Å². The third-order valence-electron chi connectivity index (χ3n) is 4.64. The van der Waals surface area contributed by atoms with Crippen LogP contribution in [0, 0.1) is 0 Å². The summed E-state index contributed by atoms with van der Waals surface area (Å²) in [5.74, 6) is -0.475. The van der Waals surface area contributed by atoms with Gasteiger partial charge in [-0.15, -0.1) is 0 Å². The second-order valence-electron chi connectivity index (χ2n) is 8.13. The minimum atomic E-state index is -1.41. The van der Waals surface area contributed by atoms with Crippen LogP contribution in [-0.2, 0) is 25.6 Å². The molecular weight excluding hydrogens is 408 g/mol. The number of benzene rings is 1. The molecule has 0 spiro atoms. The maximum absolute atomic E-state index is 12.0. The number of carbonyl (C=O) groups excluding carboxylic acids is 2. The molecule has 10 nitrogen and oxygen atoms in total. The second kappa shape index (κ2) is 11.4. The molecule has 0 aromatic heterocycles. The molecule has 5 atom stereocenters. The Bertz CT molecular complexity index is 709. The molecule has 1 aliphatic heterocycles. The zero-order chi connectivity index (χ0) is 23.0. The summed E-state index contributed by atoms with van der Waals surface area (Å²) in [6.07, 6.45) is -5.30. The van der Waals surface area contributed by atoms with E-state index in [1.807, 2.05) is 30.3 Å². The number of aliphatic hydroxyl groups excluding tert-OH is 2.